The van der Waals surface area contributed by atoms with Gasteiger partial charge in [0.2, 0.25) is 5.89 Å². The molecule has 0 saturated carbocycles. The van der Waals surface area contributed by atoms with Crippen molar-refractivity contribution in [2.45, 2.75) is 31.3 Å². The molecule has 10 heteroatoms. The number of esters is 1. The first kappa shape index (κ1) is 19.1. The number of aromatic nitrogens is 2. The van der Waals surface area contributed by atoms with Gasteiger partial charge >= 0.3 is 12.6 Å². The molecule has 2 rings (SSSR count). The number of alkyl halides is 2. The summed E-state index contributed by atoms with van der Waals surface area (Å²) in [6.07, 6.45) is -0.579. The van der Waals surface area contributed by atoms with Crippen LogP contribution in [0.4, 0.5) is 8.78 Å². The minimum Gasteiger partial charge on any atom is -0.464 e. The minimum absolute atomic E-state index is 0.0413. The zero-order chi connectivity index (χ0) is 18.2. The Labute approximate surface area is 146 Å². The van der Waals surface area contributed by atoms with E-state index in [1.54, 1.807) is 0 Å². The predicted molar refractivity (Wildman–Crippen MR) is 84.3 cm³/mol. The molecular formula is C15H16F2N2O5S. The Hall–Kier alpha value is -2.20. The van der Waals surface area contributed by atoms with Gasteiger partial charge in [0.05, 0.1) is 6.61 Å². The van der Waals surface area contributed by atoms with Gasteiger partial charge in [-0.1, -0.05) is 11.8 Å². The normalized spacial score (nSPS) is 12.2. The molecule has 1 aromatic carbocycles. The van der Waals surface area contributed by atoms with E-state index in [9.17, 15) is 13.6 Å². The lowest BCUT2D eigenvalue weighted by Crippen LogP contribution is -2.19. The minimum atomic E-state index is -2.88. The Bertz CT molecular complexity index is 679. The molecule has 25 heavy (non-hydrogen) atoms. The van der Waals surface area contributed by atoms with E-state index in [1.807, 2.05) is 0 Å². The van der Waals surface area contributed by atoms with Crippen LogP contribution in [-0.2, 0) is 9.53 Å². The Morgan fingerprint density at radius 2 is 2.04 bits per heavy atom. The van der Waals surface area contributed by atoms with E-state index >= 15 is 0 Å². The third-order valence-corrected chi connectivity index (χ3v) is 3.74. The number of ether oxygens (including phenoxy) is 2. The first-order valence-electron chi connectivity index (χ1n) is 7.32. The molecule has 7 nitrogen and oxygen atoms in total. The number of aliphatic hydroxyl groups is 1. The van der Waals surface area contributed by atoms with E-state index in [4.69, 9.17) is 14.3 Å². The van der Waals surface area contributed by atoms with Gasteiger partial charge in [0.25, 0.3) is 5.22 Å². The van der Waals surface area contributed by atoms with Crippen LogP contribution in [0.25, 0.3) is 11.5 Å². The second kappa shape index (κ2) is 9.33. The van der Waals surface area contributed by atoms with Crippen molar-refractivity contribution in [2.75, 3.05) is 12.4 Å². The van der Waals surface area contributed by atoms with Gasteiger partial charge in [0, 0.05) is 11.3 Å². The van der Waals surface area contributed by atoms with Crippen LogP contribution in [0.1, 0.15) is 13.3 Å². The highest BCUT2D eigenvalue weighted by Gasteiger charge is 2.12. The van der Waals surface area contributed by atoms with Gasteiger partial charge in [0.15, 0.2) is 0 Å². The number of carbonyl (C=O) groups excluding carboxylic acids is 1. The van der Waals surface area contributed by atoms with Crippen LogP contribution < -0.4 is 4.74 Å². The summed E-state index contributed by atoms with van der Waals surface area (Å²) in [4.78, 5) is 11.0. The number of thioether (sulfide) groups is 1. The Morgan fingerprint density at radius 3 is 2.68 bits per heavy atom. The highest BCUT2D eigenvalue weighted by molar-refractivity contribution is 7.99. The summed E-state index contributed by atoms with van der Waals surface area (Å²) in [5.74, 6) is 0.214. The maximum absolute atomic E-state index is 12.1. The number of benzene rings is 1. The second-order valence-corrected chi connectivity index (χ2v) is 5.87. The average molecular weight is 374 g/mol. The molecular weight excluding hydrogens is 358 g/mol. The molecule has 136 valence electrons. The fraction of sp³-hybridized carbons (Fsp3) is 0.400. The molecule has 0 saturated heterocycles. The highest BCUT2D eigenvalue weighted by atomic mass is 32.2. The van der Waals surface area contributed by atoms with Crippen LogP contribution in [0.15, 0.2) is 33.9 Å². The monoisotopic (exact) mass is 374 g/mol. The fourth-order valence-corrected chi connectivity index (χ4v) is 2.35. The topological polar surface area (TPSA) is 94.7 Å². The second-order valence-electron chi connectivity index (χ2n) is 4.82. The highest BCUT2D eigenvalue weighted by Crippen LogP contribution is 2.25. The molecule has 0 aliphatic rings. The predicted octanol–water partition coefficient (Wildman–Crippen LogP) is 2.74. The lowest BCUT2D eigenvalue weighted by Gasteiger charge is -2.05. The van der Waals surface area contributed by atoms with Crippen LogP contribution >= 0.6 is 11.8 Å². The van der Waals surface area contributed by atoms with Crippen LogP contribution in [0.3, 0.4) is 0 Å². The summed E-state index contributed by atoms with van der Waals surface area (Å²) in [5.41, 5.74) is 0.576. The molecule has 1 heterocycles. The Morgan fingerprint density at radius 1 is 1.32 bits per heavy atom. The van der Waals surface area contributed by atoms with Gasteiger partial charge in [-0.05, 0) is 37.6 Å². The quantitative estimate of drug-likeness (QED) is 0.407. The van der Waals surface area contributed by atoms with Crippen molar-refractivity contribution in [1.29, 1.82) is 0 Å². The number of hydrogen-bond acceptors (Lipinski definition) is 8. The van der Waals surface area contributed by atoms with E-state index in [0.29, 0.717) is 23.0 Å². The van der Waals surface area contributed by atoms with E-state index in [0.717, 1.165) is 0 Å². The molecule has 1 aromatic heterocycles. The van der Waals surface area contributed by atoms with Gasteiger partial charge in [0.1, 0.15) is 11.9 Å². The maximum atomic E-state index is 12.1. The van der Waals surface area contributed by atoms with Crippen molar-refractivity contribution in [3.05, 3.63) is 24.3 Å². The van der Waals surface area contributed by atoms with Crippen molar-refractivity contribution >= 4 is 17.7 Å². The van der Waals surface area contributed by atoms with Crippen molar-refractivity contribution < 1.29 is 32.6 Å². The number of rotatable bonds is 9. The molecule has 0 fully saturated rings. The molecule has 0 radical (unpaired) electrons. The van der Waals surface area contributed by atoms with Crippen molar-refractivity contribution in [3.63, 3.8) is 0 Å². The van der Waals surface area contributed by atoms with Crippen LogP contribution in [0.2, 0.25) is 0 Å². The number of carbonyl (C=O) groups is 1. The third kappa shape index (κ3) is 6.31. The van der Waals surface area contributed by atoms with E-state index in [2.05, 4.69) is 14.9 Å². The molecule has 1 atom stereocenters. The number of hydrogen-bond donors (Lipinski definition) is 1. The molecule has 0 aliphatic carbocycles. The van der Waals surface area contributed by atoms with Gasteiger partial charge < -0.3 is 19.0 Å². The summed E-state index contributed by atoms with van der Waals surface area (Å²) < 4.78 is 38.7. The fourth-order valence-electron chi connectivity index (χ4n) is 1.68. The lowest BCUT2D eigenvalue weighted by molar-refractivity contribution is -0.152. The number of nitrogens with zero attached hydrogens (tertiary/aromatic N) is 2. The number of halogens is 2. The van der Waals surface area contributed by atoms with E-state index in [1.165, 1.54) is 43.0 Å². The Kier molecular flexibility index (Phi) is 7.14. The lowest BCUT2D eigenvalue weighted by atomic mass is 10.2. The van der Waals surface area contributed by atoms with Gasteiger partial charge in [-0.15, -0.1) is 10.2 Å². The van der Waals surface area contributed by atoms with Crippen LogP contribution in [0.5, 0.6) is 5.75 Å². The van der Waals surface area contributed by atoms with Crippen molar-refractivity contribution in [2.24, 2.45) is 0 Å². The largest absolute Gasteiger partial charge is 0.464 e. The standard InChI is InChI=1S/C15H16F2N2O5S/c1-9(20)13(21)22-7-2-8-25-15-19-18-12(24-15)10-3-5-11(6-4-10)23-14(16)17/h3-6,9,14,20H,2,7-8H2,1H3/t9-/m1/s1. The average Bonchev–Trinajstić information content (AvgIpc) is 3.03. The van der Waals surface area contributed by atoms with Crippen LogP contribution in [-0.4, -0.2) is 46.3 Å². The molecule has 2 aromatic rings. The molecule has 0 bridgehead atoms. The molecule has 0 aliphatic heterocycles. The maximum Gasteiger partial charge on any atom is 0.387 e. The van der Waals surface area contributed by atoms with Crippen molar-refractivity contribution in [1.82, 2.24) is 10.2 Å². The summed E-state index contributed by atoms with van der Waals surface area (Å²) in [5, 5.41) is 17.1. The molecule has 0 spiro atoms. The molecule has 0 unspecified atom stereocenters. The molecule has 0 amide bonds. The zero-order valence-electron chi connectivity index (χ0n) is 13.2. The first-order chi connectivity index (χ1) is 12.0. The summed E-state index contributed by atoms with van der Waals surface area (Å²) >= 11 is 1.29. The van der Waals surface area contributed by atoms with E-state index in [-0.39, 0.29) is 18.2 Å². The SMILES string of the molecule is C[C@@H](O)C(=O)OCCCSc1nnc(-c2ccc(OC(F)F)cc2)o1. The molecule has 1 N–H and O–H groups in total. The summed E-state index contributed by atoms with van der Waals surface area (Å²) in [6, 6.07) is 5.84. The van der Waals surface area contributed by atoms with E-state index < -0.39 is 18.7 Å². The van der Waals surface area contributed by atoms with Crippen molar-refractivity contribution in [3.8, 4) is 17.2 Å². The summed E-state index contributed by atoms with van der Waals surface area (Å²) in [7, 11) is 0. The van der Waals surface area contributed by atoms with Gasteiger partial charge in [-0.25, -0.2) is 4.79 Å². The number of aliphatic hydroxyl groups excluding tert-OH is 1. The zero-order valence-corrected chi connectivity index (χ0v) is 14.0. The smallest absolute Gasteiger partial charge is 0.387 e. The van der Waals surface area contributed by atoms with Gasteiger partial charge in [-0.2, -0.15) is 8.78 Å². The van der Waals surface area contributed by atoms with Crippen LogP contribution in [0, 0.1) is 0 Å². The third-order valence-electron chi connectivity index (χ3n) is 2.83. The Balaban J connectivity index is 1.79. The summed E-state index contributed by atoms with van der Waals surface area (Å²) in [6.45, 7) is -1.36. The first-order valence-corrected chi connectivity index (χ1v) is 8.30. The van der Waals surface area contributed by atoms with Gasteiger partial charge in [-0.3, -0.25) is 0 Å².